The molecular formula is C12H19FN2O3. The molecule has 0 spiro atoms. The number of aliphatic hydroxyl groups excluding tert-OH is 1. The molecule has 2 amide bonds. The second-order valence-electron chi connectivity index (χ2n) is 4.61. The second-order valence-corrected chi connectivity index (χ2v) is 4.61. The molecule has 0 aromatic carbocycles. The first-order valence-corrected chi connectivity index (χ1v) is 5.93. The molecule has 1 heterocycles. The Labute approximate surface area is 106 Å². The quantitative estimate of drug-likeness (QED) is 0.725. The first-order valence-electron chi connectivity index (χ1n) is 5.93. The van der Waals surface area contributed by atoms with Gasteiger partial charge in [-0.1, -0.05) is 0 Å². The number of allylic oxidation sites excluding steroid dienone is 1. The molecule has 1 fully saturated rings. The van der Waals surface area contributed by atoms with Crippen LogP contribution < -0.4 is 0 Å². The predicted molar refractivity (Wildman–Crippen MR) is 64.3 cm³/mol. The number of nitrogens with zero attached hydrogens (tertiary/aromatic N) is 2. The maximum atomic E-state index is 13.5. The van der Waals surface area contributed by atoms with E-state index in [-0.39, 0.29) is 19.0 Å². The lowest BCUT2D eigenvalue weighted by Crippen LogP contribution is -2.52. The van der Waals surface area contributed by atoms with Crippen molar-refractivity contribution < 1.29 is 19.1 Å². The van der Waals surface area contributed by atoms with E-state index in [1.165, 1.54) is 16.7 Å². The number of amides is 2. The number of hydrogen-bond donors (Lipinski definition) is 1. The molecule has 6 heteroatoms. The van der Waals surface area contributed by atoms with E-state index in [1.54, 1.807) is 13.8 Å². The fraction of sp³-hybridized carbons (Fsp3) is 0.667. The van der Waals surface area contributed by atoms with Crippen molar-refractivity contribution in [3.63, 3.8) is 0 Å². The van der Waals surface area contributed by atoms with E-state index in [9.17, 15) is 19.1 Å². The minimum atomic E-state index is -1.04. The molecule has 5 nitrogen and oxygen atoms in total. The molecule has 0 bridgehead atoms. The van der Waals surface area contributed by atoms with Gasteiger partial charge in [0.15, 0.2) is 5.83 Å². The fourth-order valence-electron chi connectivity index (χ4n) is 1.75. The van der Waals surface area contributed by atoms with Crippen molar-refractivity contribution in [2.45, 2.75) is 26.9 Å². The number of aliphatic hydroxyl groups is 1. The van der Waals surface area contributed by atoms with Crippen molar-refractivity contribution in [1.29, 1.82) is 0 Å². The maximum Gasteiger partial charge on any atom is 0.282 e. The first-order chi connectivity index (χ1) is 8.34. The molecule has 1 rings (SSSR count). The van der Waals surface area contributed by atoms with E-state index in [1.807, 2.05) is 0 Å². The lowest BCUT2D eigenvalue weighted by Gasteiger charge is -2.35. The molecule has 0 aromatic rings. The van der Waals surface area contributed by atoms with Crippen LogP contribution in [-0.2, 0) is 9.59 Å². The molecule has 0 radical (unpaired) electrons. The zero-order chi connectivity index (χ0) is 13.9. The van der Waals surface area contributed by atoms with E-state index in [0.717, 1.165) is 0 Å². The van der Waals surface area contributed by atoms with Gasteiger partial charge in [0.25, 0.3) is 11.8 Å². The van der Waals surface area contributed by atoms with Gasteiger partial charge < -0.3 is 14.9 Å². The Morgan fingerprint density at radius 2 is 1.56 bits per heavy atom. The van der Waals surface area contributed by atoms with Gasteiger partial charge >= 0.3 is 0 Å². The summed E-state index contributed by atoms with van der Waals surface area (Å²) < 4.78 is 13.5. The molecule has 0 aromatic heterocycles. The van der Waals surface area contributed by atoms with Gasteiger partial charge in [-0.3, -0.25) is 9.59 Å². The molecule has 1 unspecified atom stereocenters. The maximum absolute atomic E-state index is 13.5. The van der Waals surface area contributed by atoms with Crippen LogP contribution in [0.15, 0.2) is 11.4 Å². The molecule has 1 aliphatic rings. The Kier molecular flexibility index (Phi) is 4.84. The van der Waals surface area contributed by atoms with Crippen LogP contribution in [0.1, 0.15) is 20.8 Å². The van der Waals surface area contributed by atoms with Crippen molar-refractivity contribution in [3.8, 4) is 0 Å². The molecular weight excluding hydrogens is 239 g/mol. The monoisotopic (exact) mass is 258 g/mol. The third-order valence-corrected chi connectivity index (χ3v) is 2.86. The van der Waals surface area contributed by atoms with Gasteiger partial charge in [0, 0.05) is 26.2 Å². The minimum absolute atomic E-state index is 0.290. The fourth-order valence-corrected chi connectivity index (χ4v) is 1.75. The van der Waals surface area contributed by atoms with Gasteiger partial charge in [-0.05, 0) is 26.3 Å². The third kappa shape index (κ3) is 3.29. The number of halogens is 1. The second kappa shape index (κ2) is 5.95. The Morgan fingerprint density at radius 1 is 1.11 bits per heavy atom. The van der Waals surface area contributed by atoms with E-state index in [2.05, 4.69) is 0 Å². The molecule has 1 saturated heterocycles. The normalized spacial score (nSPS) is 17.4. The van der Waals surface area contributed by atoms with E-state index < -0.39 is 17.8 Å². The third-order valence-electron chi connectivity index (χ3n) is 2.86. The molecule has 0 aliphatic carbocycles. The van der Waals surface area contributed by atoms with Crippen molar-refractivity contribution in [3.05, 3.63) is 11.4 Å². The summed E-state index contributed by atoms with van der Waals surface area (Å²) in [6.07, 6.45) is -1.04. The molecule has 1 atom stereocenters. The summed E-state index contributed by atoms with van der Waals surface area (Å²) in [5.74, 6) is -1.71. The Balaban J connectivity index is 2.57. The Bertz CT molecular complexity index is 368. The minimum Gasteiger partial charge on any atom is -0.384 e. The highest BCUT2D eigenvalue weighted by Gasteiger charge is 2.27. The van der Waals surface area contributed by atoms with E-state index >= 15 is 0 Å². The van der Waals surface area contributed by atoms with Crippen molar-refractivity contribution in [2.75, 3.05) is 26.2 Å². The van der Waals surface area contributed by atoms with Gasteiger partial charge in [-0.2, -0.15) is 0 Å². The van der Waals surface area contributed by atoms with Crippen molar-refractivity contribution in [2.24, 2.45) is 0 Å². The highest BCUT2D eigenvalue weighted by Crippen LogP contribution is 2.12. The van der Waals surface area contributed by atoms with Crippen LogP contribution in [-0.4, -0.2) is 59.0 Å². The van der Waals surface area contributed by atoms with Crippen LogP contribution in [0.2, 0.25) is 0 Å². The van der Waals surface area contributed by atoms with Crippen LogP contribution in [0.5, 0.6) is 0 Å². The highest BCUT2D eigenvalue weighted by atomic mass is 19.1. The number of rotatable bonds is 2. The lowest BCUT2D eigenvalue weighted by molar-refractivity contribution is -0.144. The van der Waals surface area contributed by atoms with Crippen LogP contribution >= 0.6 is 0 Å². The van der Waals surface area contributed by atoms with Crippen LogP contribution in [0, 0.1) is 0 Å². The summed E-state index contributed by atoms with van der Waals surface area (Å²) >= 11 is 0. The van der Waals surface area contributed by atoms with Gasteiger partial charge in [0.2, 0.25) is 0 Å². The van der Waals surface area contributed by atoms with Gasteiger partial charge in [-0.15, -0.1) is 0 Å². The highest BCUT2D eigenvalue weighted by molar-refractivity contribution is 5.92. The smallest absolute Gasteiger partial charge is 0.282 e. The molecule has 102 valence electrons. The number of carbonyl (C=O) groups excluding carboxylic acids is 2. The largest absolute Gasteiger partial charge is 0.384 e. The number of carbonyl (C=O) groups is 2. The topological polar surface area (TPSA) is 60.9 Å². The van der Waals surface area contributed by atoms with E-state index in [4.69, 9.17) is 0 Å². The molecule has 1 aliphatic heterocycles. The predicted octanol–water partition coefficient (Wildman–Crippen LogP) is 0.301. The Hall–Kier alpha value is -1.43. The standard InChI is InChI=1S/C12H19FN2O3/c1-8(2)10(13)12(18)15-6-4-14(5-7-15)11(17)9(3)16/h9,16H,4-7H2,1-3H3. The van der Waals surface area contributed by atoms with E-state index in [0.29, 0.717) is 18.7 Å². The number of piperazine rings is 1. The molecule has 0 saturated carbocycles. The van der Waals surface area contributed by atoms with Crippen LogP contribution in [0.25, 0.3) is 0 Å². The van der Waals surface area contributed by atoms with Crippen LogP contribution in [0.3, 0.4) is 0 Å². The van der Waals surface area contributed by atoms with Crippen molar-refractivity contribution >= 4 is 11.8 Å². The summed E-state index contributed by atoms with van der Waals surface area (Å²) in [5.41, 5.74) is 0.350. The average Bonchev–Trinajstić information content (AvgIpc) is 2.36. The number of hydrogen-bond acceptors (Lipinski definition) is 3. The van der Waals surface area contributed by atoms with Gasteiger partial charge in [-0.25, -0.2) is 4.39 Å². The zero-order valence-corrected chi connectivity index (χ0v) is 10.9. The van der Waals surface area contributed by atoms with Crippen LogP contribution in [0.4, 0.5) is 4.39 Å². The SMILES string of the molecule is CC(C)=C(F)C(=O)N1CCN(C(=O)C(C)O)CC1. The van der Waals surface area contributed by atoms with Gasteiger partial charge in [0.1, 0.15) is 6.10 Å². The average molecular weight is 258 g/mol. The summed E-state index contributed by atoms with van der Waals surface area (Å²) in [5, 5.41) is 9.17. The van der Waals surface area contributed by atoms with Crippen molar-refractivity contribution in [1.82, 2.24) is 9.80 Å². The summed E-state index contributed by atoms with van der Waals surface area (Å²) in [7, 11) is 0. The molecule has 1 N–H and O–H groups in total. The summed E-state index contributed by atoms with van der Waals surface area (Å²) in [6.45, 7) is 5.72. The zero-order valence-electron chi connectivity index (χ0n) is 10.9. The first kappa shape index (κ1) is 14.6. The lowest BCUT2D eigenvalue weighted by atomic mass is 10.2. The summed E-state index contributed by atoms with van der Waals surface area (Å²) in [4.78, 5) is 26.1. The Morgan fingerprint density at radius 3 is 1.94 bits per heavy atom. The van der Waals surface area contributed by atoms with Gasteiger partial charge in [0.05, 0.1) is 0 Å². The molecule has 18 heavy (non-hydrogen) atoms. The summed E-state index contributed by atoms with van der Waals surface area (Å²) in [6, 6.07) is 0.